The Labute approximate surface area is 154 Å². The second-order valence-corrected chi connectivity index (χ2v) is 6.41. The fraction of sp³-hybridized carbons (Fsp3) is 0.238. The molecule has 0 saturated carbocycles. The quantitative estimate of drug-likeness (QED) is 0.624. The summed E-state index contributed by atoms with van der Waals surface area (Å²) < 4.78 is 5.38. The van der Waals surface area contributed by atoms with Crippen LogP contribution in [0.4, 0.5) is 23.1 Å². The van der Waals surface area contributed by atoms with Crippen LogP contribution < -0.4 is 15.4 Å². The van der Waals surface area contributed by atoms with Crippen LogP contribution in [0.3, 0.4) is 0 Å². The molecule has 5 nitrogen and oxygen atoms in total. The van der Waals surface area contributed by atoms with Gasteiger partial charge in [-0.25, -0.2) is 4.98 Å². The lowest BCUT2D eigenvalue weighted by atomic mass is 10.0. The van der Waals surface area contributed by atoms with Gasteiger partial charge >= 0.3 is 0 Å². The van der Waals surface area contributed by atoms with Crippen LogP contribution in [0.2, 0.25) is 0 Å². The molecule has 2 N–H and O–H groups in total. The first kappa shape index (κ1) is 17.7. The van der Waals surface area contributed by atoms with Gasteiger partial charge in [0.1, 0.15) is 11.6 Å². The zero-order valence-electron chi connectivity index (χ0n) is 15.6. The third kappa shape index (κ3) is 4.11. The van der Waals surface area contributed by atoms with Crippen LogP contribution >= 0.6 is 0 Å². The number of para-hydroxylation sites is 3. The molecule has 0 unspecified atom stereocenters. The summed E-state index contributed by atoms with van der Waals surface area (Å²) >= 11 is 0. The number of aromatic nitrogens is 2. The molecule has 0 atom stereocenters. The molecule has 0 radical (unpaired) electrons. The van der Waals surface area contributed by atoms with E-state index in [0.717, 1.165) is 28.6 Å². The third-order valence-corrected chi connectivity index (χ3v) is 4.05. The molecule has 1 aromatic heterocycles. The van der Waals surface area contributed by atoms with Gasteiger partial charge < -0.3 is 15.4 Å². The van der Waals surface area contributed by atoms with Crippen LogP contribution in [0, 0.1) is 6.92 Å². The smallest absolute Gasteiger partial charge is 0.229 e. The minimum Gasteiger partial charge on any atom is -0.495 e. The van der Waals surface area contributed by atoms with Crippen LogP contribution in [0.5, 0.6) is 5.75 Å². The Morgan fingerprint density at radius 2 is 1.58 bits per heavy atom. The van der Waals surface area contributed by atoms with Gasteiger partial charge in [-0.3, -0.25) is 0 Å². The fourth-order valence-electron chi connectivity index (χ4n) is 2.81. The number of aryl methyl sites for hydroxylation is 1. The Morgan fingerprint density at radius 3 is 2.31 bits per heavy atom. The normalized spacial score (nSPS) is 10.7. The molecule has 26 heavy (non-hydrogen) atoms. The number of nitrogens with zero attached hydrogens (tertiary/aromatic N) is 2. The van der Waals surface area contributed by atoms with Gasteiger partial charge in [-0.15, -0.1) is 0 Å². The SMILES string of the molecule is COc1ccccc1Nc1nc(C)cc(Nc2ccccc2C(C)C)n1. The summed E-state index contributed by atoms with van der Waals surface area (Å²) in [6.07, 6.45) is 0. The lowest BCUT2D eigenvalue weighted by molar-refractivity contribution is 0.417. The van der Waals surface area contributed by atoms with E-state index in [1.54, 1.807) is 7.11 Å². The maximum atomic E-state index is 5.38. The lowest BCUT2D eigenvalue weighted by Crippen LogP contribution is -2.04. The highest BCUT2D eigenvalue weighted by atomic mass is 16.5. The van der Waals surface area contributed by atoms with E-state index >= 15 is 0 Å². The van der Waals surface area contributed by atoms with Crippen LogP contribution in [-0.2, 0) is 0 Å². The minimum absolute atomic E-state index is 0.424. The molecule has 134 valence electrons. The molecular formula is C21H24N4O. The zero-order valence-corrected chi connectivity index (χ0v) is 15.6. The van der Waals surface area contributed by atoms with Crippen LogP contribution in [0.15, 0.2) is 54.6 Å². The van der Waals surface area contributed by atoms with Gasteiger partial charge in [-0.05, 0) is 36.6 Å². The minimum atomic E-state index is 0.424. The summed E-state index contributed by atoms with van der Waals surface area (Å²) in [7, 11) is 1.65. The van der Waals surface area contributed by atoms with Crippen molar-refractivity contribution in [2.75, 3.05) is 17.7 Å². The van der Waals surface area contributed by atoms with E-state index in [9.17, 15) is 0 Å². The van der Waals surface area contributed by atoms with Crippen LogP contribution in [-0.4, -0.2) is 17.1 Å². The van der Waals surface area contributed by atoms with E-state index < -0.39 is 0 Å². The van der Waals surface area contributed by atoms with E-state index in [0.29, 0.717) is 11.9 Å². The van der Waals surface area contributed by atoms with Crippen molar-refractivity contribution in [1.29, 1.82) is 0 Å². The molecule has 0 aliphatic rings. The van der Waals surface area contributed by atoms with Crippen molar-refractivity contribution >= 4 is 23.1 Å². The van der Waals surface area contributed by atoms with E-state index in [-0.39, 0.29) is 0 Å². The van der Waals surface area contributed by atoms with E-state index in [4.69, 9.17) is 4.74 Å². The first-order chi connectivity index (χ1) is 12.6. The molecule has 3 aromatic rings. The largest absolute Gasteiger partial charge is 0.495 e. The van der Waals surface area contributed by atoms with Gasteiger partial charge in [0, 0.05) is 17.4 Å². The number of benzene rings is 2. The monoisotopic (exact) mass is 348 g/mol. The van der Waals surface area contributed by atoms with Gasteiger partial charge in [0.25, 0.3) is 0 Å². The van der Waals surface area contributed by atoms with Crippen molar-refractivity contribution < 1.29 is 4.74 Å². The van der Waals surface area contributed by atoms with E-state index in [1.807, 2.05) is 43.3 Å². The van der Waals surface area contributed by atoms with Gasteiger partial charge in [-0.2, -0.15) is 4.98 Å². The third-order valence-electron chi connectivity index (χ3n) is 4.05. The summed E-state index contributed by atoms with van der Waals surface area (Å²) in [4.78, 5) is 9.10. The van der Waals surface area contributed by atoms with Gasteiger partial charge in [0.05, 0.1) is 12.8 Å². The fourth-order valence-corrected chi connectivity index (χ4v) is 2.81. The standard InChI is InChI=1S/C21H24N4O/c1-14(2)16-9-5-6-10-17(16)23-20-13-15(3)22-21(25-20)24-18-11-7-8-12-19(18)26-4/h5-14H,1-4H3,(H2,22,23,24,25). The molecular weight excluding hydrogens is 324 g/mol. The van der Waals surface area contributed by atoms with Crippen LogP contribution in [0.1, 0.15) is 31.0 Å². The summed E-state index contributed by atoms with van der Waals surface area (Å²) in [6.45, 7) is 6.31. The zero-order chi connectivity index (χ0) is 18.5. The molecule has 0 aliphatic heterocycles. The summed E-state index contributed by atoms with van der Waals surface area (Å²) in [5.74, 6) is 2.45. The topological polar surface area (TPSA) is 59.1 Å². The molecule has 0 fully saturated rings. The molecule has 0 amide bonds. The van der Waals surface area contributed by atoms with Gasteiger partial charge in [-0.1, -0.05) is 44.2 Å². The highest BCUT2D eigenvalue weighted by molar-refractivity contribution is 5.65. The molecule has 0 spiro atoms. The number of methoxy groups -OCH3 is 1. The highest BCUT2D eigenvalue weighted by Crippen LogP contribution is 2.28. The predicted octanol–water partition coefficient (Wildman–Crippen LogP) is 5.40. The summed E-state index contributed by atoms with van der Waals surface area (Å²) in [5, 5.41) is 6.67. The second kappa shape index (κ2) is 7.87. The van der Waals surface area contributed by atoms with Crippen molar-refractivity contribution in [2.45, 2.75) is 26.7 Å². The van der Waals surface area contributed by atoms with E-state index in [2.05, 4.69) is 52.6 Å². The Balaban J connectivity index is 1.89. The maximum Gasteiger partial charge on any atom is 0.229 e. The molecule has 0 aliphatic carbocycles. The molecule has 0 bridgehead atoms. The lowest BCUT2D eigenvalue weighted by Gasteiger charge is -2.15. The number of ether oxygens (including phenoxy) is 1. The number of hydrogen-bond acceptors (Lipinski definition) is 5. The molecule has 2 aromatic carbocycles. The molecule has 5 heteroatoms. The summed E-state index contributed by atoms with van der Waals surface area (Å²) in [6, 6.07) is 17.9. The van der Waals surface area contributed by atoms with Crippen molar-refractivity contribution in [3.63, 3.8) is 0 Å². The number of hydrogen-bond donors (Lipinski definition) is 2. The van der Waals surface area contributed by atoms with Gasteiger partial charge in [0.2, 0.25) is 5.95 Å². The Hall–Kier alpha value is -3.08. The average Bonchev–Trinajstić information content (AvgIpc) is 2.62. The Kier molecular flexibility index (Phi) is 5.37. The van der Waals surface area contributed by atoms with Crippen molar-refractivity contribution in [1.82, 2.24) is 9.97 Å². The maximum absolute atomic E-state index is 5.38. The van der Waals surface area contributed by atoms with Gasteiger partial charge in [0.15, 0.2) is 0 Å². The van der Waals surface area contributed by atoms with Crippen LogP contribution in [0.25, 0.3) is 0 Å². The molecule has 0 saturated heterocycles. The van der Waals surface area contributed by atoms with Crippen molar-refractivity contribution in [3.8, 4) is 5.75 Å². The first-order valence-corrected chi connectivity index (χ1v) is 8.68. The number of nitrogens with one attached hydrogen (secondary N) is 2. The molecule has 1 heterocycles. The highest BCUT2D eigenvalue weighted by Gasteiger charge is 2.09. The Morgan fingerprint density at radius 1 is 0.885 bits per heavy atom. The average molecular weight is 348 g/mol. The predicted molar refractivity (Wildman–Crippen MR) is 107 cm³/mol. The molecule has 3 rings (SSSR count). The second-order valence-electron chi connectivity index (χ2n) is 6.41. The van der Waals surface area contributed by atoms with E-state index in [1.165, 1.54) is 5.56 Å². The van der Waals surface area contributed by atoms with Crippen molar-refractivity contribution in [2.24, 2.45) is 0 Å². The van der Waals surface area contributed by atoms with Crippen molar-refractivity contribution in [3.05, 3.63) is 65.9 Å². The first-order valence-electron chi connectivity index (χ1n) is 8.68. The Bertz CT molecular complexity index is 893. The number of rotatable bonds is 6. The summed E-state index contributed by atoms with van der Waals surface area (Å²) in [5.41, 5.74) is 4.02. The number of anilines is 4.